The van der Waals surface area contributed by atoms with Gasteiger partial charge in [0.15, 0.2) is 0 Å². The van der Waals surface area contributed by atoms with Crippen molar-refractivity contribution in [3.05, 3.63) is 92.4 Å². The highest BCUT2D eigenvalue weighted by Crippen LogP contribution is 2.27. The van der Waals surface area contributed by atoms with Crippen LogP contribution in [0.1, 0.15) is 32.0 Å². The first kappa shape index (κ1) is 22.3. The number of esters is 1. The summed E-state index contributed by atoms with van der Waals surface area (Å²) in [7, 11) is 0. The molecule has 1 atom stereocenters. The normalized spacial score (nSPS) is 11.8. The molecule has 0 aliphatic rings. The van der Waals surface area contributed by atoms with E-state index >= 15 is 0 Å². The highest BCUT2D eigenvalue weighted by molar-refractivity contribution is 7.13. The summed E-state index contributed by atoms with van der Waals surface area (Å²) in [4.78, 5) is 21.8. The van der Waals surface area contributed by atoms with Gasteiger partial charge in [-0.2, -0.15) is 5.10 Å². The predicted octanol–water partition coefficient (Wildman–Crippen LogP) is 5.53. The van der Waals surface area contributed by atoms with Gasteiger partial charge in [0.05, 0.1) is 12.2 Å². The molecule has 4 aromatic rings. The molecule has 0 amide bonds. The monoisotopic (exact) mass is 488 g/mol. The molecule has 0 fully saturated rings. The van der Waals surface area contributed by atoms with Crippen molar-refractivity contribution >= 4 is 40.5 Å². The van der Waals surface area contributed by atoms with Crippen molar-refractivity contribution in [3.63, 3.8) is 0 Å². The van der Waals surface area contributed by atoms with Gasteiger partial charge in [-0.1, -0.05) is 35.3 Å². The molecule has 0 radical (unpaired) electrons. The lowest BCUT2D eigenvalue weighted by Gasteiger charge is -2.18. The maximum Gasteiger partial charge on any atom is 0.350 e. The lowest BCUT2D eigenvalue weighted by Crippen LogP contribution is -2.17. The summed E-state index contributed by atoms with van der Waals surface area (Å²) in [5, 5.41) is 6.02. The largest absolute Gasteiger partial charge is 0.486 e. The number of halogens is 2. The second-order valence-corrected chi connectivity index (χ2v) is 8.78. The van der Waals surface area contributed by atoms with Crippen LogP contribution in [-0.4, -0.2) is 25.7 Å². The molecule has 0 N–H and O–H groups in total. The molecule has 0 spiro atoms. The second kappa shape index (κ2) is 10.1. The Bertz CT molecular complexity index is 1180. The second-order valence-electron chi connectivity index (χ2n) is 6.83. The van der Waals surface area contributed by atoms with Gasteiger partial charge < -0.3 is 9.47 Å². The molecule has 0 unspecified atom stereocenters. The van der Waals surface area contributed by atoms with Crippen molar-refractivity contribution in [2.45, 2.75) is 26.2 Å². The topological polar surface area (TPSA) is 79.1 Å². The number of carbonyl (C=O) groups excluding carboxylic acids is 1. The molecule has 10 heteroatoms. The van der Waals surface area contributed by atoms with Crippen LogP contribution in [0, 0.1) is 6.92 Å². The van der Waals surface area contributed by atoms with Gasteiger partial charge >= 0.3 is 5.97 Å². The van der Waals surface area contributed by atoms with Gasteiger partial charge in [0.2, 0.25) is 0 Å². The number of benzene rings is 2. The van der Waals surface area contributed by atoms with E-state index in [0.717, 1.165) is 5.56 Å². The molecule has 2 aromatic heterocycles. The Morgan fingerprint density at radius 2 is 1.78 bits per heavy atom. The van der Waals surface area contributed by atoms with Gasteiger partial charge in [0.1, 0.15) is 41.0 Å². The highest BCUT2D eigenvalue weighted by Gasteiger charge is 2.23. The van der Waals surface area contributed by atoms with Gasteiger partial charge in [0.25, 0.3) is 0 Å². The minimum Gasteiger partial charge on any atom is -0.486 e. The van der Waals surface area contributed by atoms with Gasteiger partial charge in [0, 0.05) is 10.0 Å². The van der Waals surface area contributed by atoms with Crippen molar-refractivity contribution in [2.75, 3.05) is 0 Å². The fourth-order valence-corrected chi connectivity index (χ4v) is 4.06. The summed E-state index contributed by atoms with van der Waals surface area (Å²) in [5.41, 5.74) is 1.39. The number of aromatic nitrogens is 4. The summed E-state index contributed by atoms with van der Waals surface area (Å²) < 4.78 is 13.2. The Balaban J connectivity index is 1.47. The van der Waals surface area contributed by atoms with Crippen LogP contribution in [0.3, 0.4) is 0 Å². The number of nitrogens with zero attached hydrogens (tertiary/aromatic N) is 4. The zero-order valence-electron chi connectivity index (χ0n) is 16.9. The SMILES string of the molecule is Cc1nc(COc2ccc(Cl)cc2)sc1C(=O)O[C@@H](Cn1cncn1)c1ccc(Cl)cc1. The van der Waals surface area contributed by atoms with Gasteiger partial charge in [-0.15, -0.1) is 11.3 Å². The smallest absolute Gasteiger partial charge is 0.350 e. The van der Waals surface area contributed by atoms with Crippen molar-refractivity contribution in [3.8, 4) is 5.75 Å². The third-order valence-corrected chi connectivity index (χ3v) is 6.13. The fourth-order valence-electron chi connectivity index (χ4n) is 2.95. The van der Waals surface area contributed by atoms with E-state index in [1.807, 2.05) is 12.1 Å². The summed E-state index contributed by atoms with van der Waals surface area (Å²) >= 11 is 13.1. The lowest BCUT2D eigenvalue weighted by atomic mass is 10.1. The molecule has 0 saturated carbocycles. The third kappa shape index (κ3) is 5.64. The Morgan fingerprint density at radius 1 is 1.09 bits per heavy atom. The third-order valence-electron chi connectivity index (χ3n) is 4.51. The average molecular weight is 489 g/mol. The van der Waals surface area contributed by atoms with Crippen LogP contribution in [0.15, 0.2) is 61.2 Å². The molecule has 0 saturated heterocycles. The number of aryl methyl sites for hydroxylation is 1. The summed E-state index contributed by atoms with van der Waals surface area (Å²) in [6.07, 6.45) is 2.43. The molecular weight excluding hydrogens is 471 g/mol. The zero-order chi connectivity index (χ0) is 22.5. The number of ether oxygens (including phenoxy) is 2. The molecule has 0 aliphatic carbocycles. The molecule has 2 aromatic carbocycles. The van der Waals surface area contributed by atoms with Gasteiger partial charge in [-0.05, 0) is 48.9 Å². The van der Waals surface area contributed by atoms with Crippen LogP contribution in [0.5, 0.6) is 5.75 Å². The van der Waals surface area contributed by atoms with E-state index in [0.29, 0.717) is 37.9 Å². The zero-order valence-corrected chi connectivity index (χ0v) is 19.3. The first-order chi connectivity index (χ1) is 15.5. The minimum absolute atomic E-state index is 0.236. The van der Waals surface area contributed by atoms with Crippen molar-refractivity contribution < 1.29 is 14.3 Å². The Morgan fingerprint density at radius 3 is 2.44 bits per heavy atom. The van der Waals surface area contributed by atoms with E-state index in [1.54, 1.807) is 54.3 Å². The Kier molecular flexibility index (Phi) is 7.04. The summed E-state index contributed by atoms with van der Waals surface area (Å²) in [6, 6.07) is 14.2. The maximum atomic E-state index is 13.0. The molecule has 4 rings (SSSR count). The lowest BCUT2D eigenvalue weighted by molar-refractivity contribution is 0.0251. The van der Waals surface area contributed by atoms with E-state index in [2.05, 4.69) is 15.1 Å². The fraction of sp³-hybridized carbons (Fsp3) is 0.182. The number of hydrogen-bond acceptors (Lipinski definition) is 7. The van der Waals surface area contributed by atoms with Crippen LogP contribution >= 0.6 is 34.5 Å². The first-order valence-electron chi connectivity index (χ1n) is 9.61. The van der Waals surface area contributed by atoms with E-state index in [-0.39, 0.29) is 6.61 Å². The summed E-state index contributed by atoms with van der Waals surface area (Å²) in [5.74, 6) is 0.208. The van der Waals surface area contributed by atoms with Crippen LogP contribution in [0.2, 0.25) is 10.0 Å². The van der Waals surface area contributed by atoms with Crippen LogP contribution in [0.4, 0.5) is 0 Å². The van der Waals surface area contributed by atoms with E-state index in [1.165, 1.54) is 17.7 Å². The number of rotatable bonds is 8. The van der Waals surface area contributed by atoms with Crippen LogP contribution in [0.25, 0.3) is 0 Å². The summed E-state index contributed by atoms with van der Waals surface area (Å²) in [6.45, 7) is 2.32. The minimum atomic E-state index is -0.572. The van der Waals surface area contributed by atoms with E-state index in [4.69, 9.17) is 32.7 Å². The van der Waals surface area contributed by atoms with E-state index < -0.39 is 12.1 Å². The van der Waals surface area contributed by atoms with Gasteiger partial charge in [-0.25, -0.2) is 19.4 Å². The number of thiazole rings is 1. The number of carbonyl (C=O) groups is 1. The molecule has 32 heavy (non-hydrogen) atoms. The predicted molar refractivity (Wildman–Crippen MR) is 122 cm³/mol. The van der Waals surface area contributed by atoms with Crippen molar-refractivity contribution in [2.24, 2.45) is 0 Å². The standard InChI is InChI=1S/C22H18Cl2N4O3S/c1-14-21(32-20(27-14)11-30-18-8-6-17(24)7-9-18)22(29)31-19(10-28-13-25-12-26-28)15-2-4-16(23)5-3-15/h2-9,12-13,19H,10-11H2,1H3/t19-/m0/s1. The molecular formula is C22H18Cl2N4O3S. The number of hydrogen-bond donors (Lipinski definition) is 0. The van der Waals surface area contributed by atoms with Crippen LogP contribution < -0.4 is 4.74 Å². The Hall–Kier alpha value is -2.94. The van der Waals surface area contributed by atoms with Crippen molar-refractivity contribution in [1.82, 2.24) is 19.7 Å². The quantitative estimate of drug-likeness (QED) is 0.303. The van der Waals surface area contributed by atoms with Crippen LogP contribution in [-0.2, 0) is 17.9 Å². The van der Waals surface area contributed by atoms with Gasteiger partial charge in [-0.3, -0.25) is 0 Å². The molecule has 164 valence electrons. The van der Waals surface area contributed by atoms with Crippen molar-refractivity contribution in [1.29, 1.82) is 0 Å². The Labute approximate surface area is 198 Å². The average Bonchev–Trinajstić information content (AvgIpc) is 3.43. The molecule has 0 bridgehead atoms. The van der Waals surface area contributed by atoms with E-state index in [9.17, 15) is 4.79 Å². The molecule has 2 heterocycles. The molecule has 7 nitrogen and oxygen atoms in total. The first-order valence-corrected chi connectivity index (χ1v) is 11.2. The highest BCUT2D eigenvalue weighted by atomic mass is 35.5. The molecule has 0 aliphatic heterocycles. The maximum absolute atomic E-state index is 13.0.